The van der Waals surface area contributed by atoms with Gasteiger partial charge in [-0.05, 0) is 37.2 Å². The van der Waals surface area contributed by atoms with Crippen molar-refractivity contribution in [1.29, 1.82) is 0 Å². The highest BCUT2D eigenvalue weighted by Gasteiger charge is 2.15. The van der Waals surface area contributed by atoms with Crippen molar-refractivity contribution < 1.29 is 0 Å². The molecule has 2 saturated heterocycles. The van der Waals surface area contributed by atoms with Crippen LogP contribution in [0.4, 0.5) is 5.69 Å². The minimum atomic E-state index is 1.06. The Labute approximate surface area is 170 Å². The van der Waals surface area contributed by atoms with Crippen LogP contribution in [0.25, 0.3) is 20.8 Å². The number of aromatic nitrogens is 1. The molecule has 0 unspecified atom stereocenters. The maximum atomic E-state index is 4.94. The molecule has 0 saturated carbocycles. The molecule has 4 aliphatic rings. The normalized spacial score (nSPS) is 20.9. The third-order valence-corrected chi connectivity index (χ3v) is 6.85. The molecule has 0 aromatic heterocycles. The van der Waals surface area contributed by atoms with E-state index in [4.69, 9.17) is 4.98 Å². The Morgan fingerprint density at radius 1 is 0.893 bits per heavy atom. The van der Waals surface area contributed by atoms with Crippen molar-refractivity contribution in [2.24, 2.45) is 0 Å². The van der Waals surface area contributed by atoms with Crippen LogP contribution in [0.1, 0.15) is 12.8 Å². The third kappa shape index (κ3) is 3.77. The summed E-state index contributed by atoms with van der Waals surface area (Å²) in [6.45, 7) is 8.75. The number of rotatable bonds is 1. The lowest BCUT2D eigenvalue weighted by atomic mass is 10.2. The molecule has 0 bridgehead atoms. The second kappa shape index (κ2) is 8.15. The number of benzene rings is 2. The quantitative estimate of drug-likeness (QED) is 0.489. The van der Waals surface area contributed by atoms with Gasteiger partial charge in [0.2, 0.25) is 5.36 Å². The molecule has 3 aliphatic heterocycles. The Hall–Kier alpha value is -2.02. The lowest BCUT2D eigenvalue weighted by molar-refractivity contribution is 0.599. The molecule has 0 spiro atoms. The van der Waals surface area contributed by atoms with E-state index in [1.165, 1.54) is 33.5 Å². The average molecular weight is 395 g/mol. The van der Waals surface area contributed by atoms with Gasteiger partial charge in [0.1, 0.15) is 6.54 Å². The highest BCUT2D eigenvalue weighted by molar-refractivity contribution is 7.21. The smallest absolute Gasteiger partial charge is 0.201 e. The molecule has 1 aliphatic carbocycles. The number of hydrogen-bond acceptors (Lipinski definition) is 5. The molecule has 3 heterocycles. The lowest BCUT2D eigenvalue weighted by Gasteiger charge is -2.22. The van der Waals surface area contributed by atoms with Gasteiger partial charge in [0.05, 0.1) is 27.3 Å². The zero-order valence-corrected chi connectivity index (χ0v) is 17.1. The Morgan fingerprint density at radius 3 is 2.82 bits per heavy atom. The predicted molar refractivity (Wildman–Crippen MR) is 118 cm³/mol. The van der Waals surface area contributed by atoms with Crippen LogP contribution < -0.4 is 25.5 Å². The van der Waals surface area contributed by atoms with Crippen molar-refractivity contribution in [1.82, 2.24) is 20.2 Å². The fraction of sp³-hybridized carbons (Fsp3) is 0.455. The SMILES string of the molecule is c1cc2nc3ccc(=[N+]4CCCNCC4)cc-3sc2cc1N1CCCNCC1. The van der Waals surface area contributed by atoms with E-state index >= 15 is 0 Å². The Kier molecular flexibility index (Phi) is 5.25. The maximum absolute atomic E-state index is 4.94. The average Bonchev–Trinajstić information content (AvgIpc) is 3.17. The van der Waals surface area contributed by atoms with E-state index in [1.807, 2.05) is 11.3 Å². The van der Waals surface area contributed by atoms with E-state index in [1.54, 1.807) is 0 Å². The summed E-state index contributed by atoms with van der Waals surface area (Å²) in [6, 6.07) is 13.5. The summed E-state index contributed by atoms with van der Waals surface area (Å²) in [5.74, 6) is 0. The molecule has 5 rings (SSSR count). The Balaban J connectivity index is 1.56. The van der Waals surface area contributed by atoms with E-state index < -0.39 is 0 Å². The monoisotopic (exact) mass is 394 g/mol. The maximum Gasteiger partial charge on any atom is 0.201 e. The summed E-state index contributed by atoms with van der Waals surface area (Å²) in [6.07, 6.45) is 2.40. The first-order chi connectivity index (χ1) is 13.9. The van der Waals surface area contributed by atoms with Gasteiger partial charge in [-0.2, -0.15) is 0 Å². The van der Waals surface area contributed by atoms with Gasteiger partial charge in [-0.3, -0.25) is 0 Å². The Morgan fingerprint density at radius 2 is 1.82 bits per heavy atom. The van der Waals surface area contributed by atoms with E-state index in [0.717, 1.165) is 63.6 Å². The molecule has 5 nitrogen and oxygen atoms in total. The predicted octanol–water partition coefficient (Wildman–Crippen LogP) is 1.97. The van der Waals surface area contributed by atoms with Gasteiger partial charge < -0.3 is 15.5 Å². The van der Waals surface area contributed by atoms with E-state index in [0.29, 0.717) is 0 Å². The van der Waals surface area contributed by atoms with Crippen LogP contribution in [0.15, 0.2) is 36.4 Å². The van der Waals surface area contributed by atoms with Crippen LogP contribution in [0.2, 0.25) is 0 Å². The summed E-state index contributed by atoms with van der Waals surface area (Å²) in [4.78, 5) is 8.71. The Bertz CT molecular complexity index is 993. The summed E-state index contributed by atoms with van der Waals surface area (Å²) in [7, 11) is 0. The number of nitrogens with zero attached hydrogens (tertiary/aromatic N) is 3. The van der Waals surface area contributed by atoms with Crippen molar-refractivity contribution in [3.63, 3.8) is 0 Å². The second-order valence-corrected chi connectivity index (χ2v) is 8.78. The van der Waals surface area contributed by atoms with Crippen LogP contribution in [-0.2, 0) is 0 Å². The molecule has 0 radical (unpaired) electrons. The van der Waals surface area contributed by atoms with Crippen LogP contribution in [-0.4, -0.2) is 57.3 Å². The van der Waals surface area contributed by atoms with Crippen molar-refractivity contribution in [3.05, 3.63) is 41.8 Å². The van der Waals surface area contributed by atoms with Gasteiger partial charge >= 0.3 is 0 Å². The van der Waals surface area contributed by atoms with Gasteiger partial charge in [0.25, 0.3) is 0 Å². The summed E-state index contributed by atoms with van der Waals surface area (Å²) in [5, 5.41) is 8.30. The van der Waals surface area contributed by atoms with Crippen molar-refractivity contribution in [2.45, 2.75) is 12.8 Å². The molecular formula is C22H28N5S+. The molecule has 6 heteroatoms. The number of nitrogens with one attached hydrogen (secondary N) is 2. The molecule has 1 aromatic rings. The fourth-order valence-electron chi connectivity index (χ4n) is 4.20. The number of anilines is 1. The minimum Gasteiger partial charge on any atom is -0.370 e. The summed E-state index contributed by atoms with van der Waals surface area (Å²) in [5.41, 5.74) is 3.52. The first-order valence-electron chi connectivity index (χ1n) is 10.5. The van der Waals surface area contributed by atoms with Crippen molar-refractivity contribution >= 4 is 27.2 Å². The van der Waals surface area contributed by atoms with Gasteiger partial charge in [-0.1, -0.05) is 0 Å². The third-order valence-electron chi connectivity index (χ3n) is 5.76. The van der Waals surface area contributed by atoms with Crippen LogP contribution in [0.5, 0.6) is 0 Å². The van der Waals surface area contributed by atoms with E-state index in [-0.39, 0.29) is 0 Å². The zero-order valence-electron chi connectivity index (χ0n) is 16.3. The van der Waals surface area contributed by atoms with Crippen molar-refractivity contribution in [2.75, 3.05) is 57.3 Å². The standard InChI is InChI=1S/C22H28N5S/c1-7-23-9-13-26(11-1)17-3-5-19-21(15-17)28-22-16-18(4-6-20(22)25-19)27-12-2-8-24-10-14-27/h3-6,15-16,23-24H,1-2,7-14H2/q+1. The molecule has 146 valence electrons. The number of hydrogen-bond donors (Lipinski definition) is 2. The molecule has 1 aromatic carbocycles. The van der Waals surface area contributed by atoms with Crippen LogP contribution in [0.3, 0.4) is 0 Å². The van der Waals surface area contributed by atoms with E-state index in [2.05, 4.69) is 56.5 Å². The van der Waals surface area contributed by atoms with Gasteiger partial charge in [0.15, 0.2) is 6.54 Å². The number of fused-ring (bicyclic) bond motifs is 2. The lowest BCUT2D eigenvalue weighted by Crippen LogP contribution is -2.33. The van der Waals surface area contributed by atoms with E-state index in [9.17, 15) is 0 Å². The van der Waals surface area contributed by atoms with Gasteiger partial charge in [0, 0.05) is 50.4 Å². The molecule has 0 amide bonds. The molecular weight excluding hydrogens is 366 g/mol. The van der Waals surface area contributed by atoms with Crippen LogP contribution >= 0.6 is 11.3 Å². The highest BCUT2D eigenvalue weighted by atomic mass is 32.1. The van der Waals surface area contributed by atoms with Gasteiger partial charge in [-0.15, -0.1) is 11.3 Å². The molecule has 0 atom stereocenters. The minimum absolute atomic E-state index is 1.06. The molecule has 2 N–H and O–H groups in total. The first kappa shape index (κ1) is 18.0. The van der Waals surface area contributed by atoms with Crippen molar-refractivity contribution in [3.8, 4) is 10.6 Å². The summed E-state index contributed by atoms with van der Waals surface area (Å²) >= 11 is 1.87. The highest BCUT2D eigenvalue weighted by Crippen LogP contribution is 2.32. The topological polar surface area (TPSA) is 43.2 Å². The zero-order chi connectivity index (χ0) is 18.8. The molecule has 28 heavy (non-hydrogen) atoms. The first-order valence-corrected chi connectivity index (χ1v) is 11.3. The summed E-state index contributed by atoms with van der Waals surface area (Å²) < 4.78 is 3.77. The fourth-order valence-corrected chi connectivity index (χ4v) is 5.24. The largest absolute Gasteiger partial charge is 0.370 e. The second-order valence-electron chi connectivity index (χ2n) is 7.70. The van der Waals surface area contributed by atoms with Crippen LogP contribution in [0, 0.1) is 0 Å². The molecule has 2 fully saturated rings. The van der Waals surface area contributed by atoms with Gasteiger partial charge in [-0.25, -0.2) is 9.56 Å².